The Labute approximate surface area is 119 Å². The van der Waals surface area contributed by atoms with Gasteiger partial charge in [0.05, 0.1) is 11.8 Å². The molecule has 2 aromatic heterocycles. The van der Waals surface area contributed by atoms with Crippen molar-refractivity contribution in [1.82, 2.24) is 19.3 Å². The number of aliphatic hydroxyl groups is 1. The van der Waals surface area contributed by atoms with Crippen molar-refractivity contribution in [3.8, 4) is 0 Å². The second kappa shape index (κ2) is 4.76. The quantitative estimate of drug-likeness (QED) is 0.902. The van der Waals surface area contributed by atoms with Gasteiger partial charge in [0.15, 0.2) is 5.82 Å². The van der Waals surface area contributed by atoms with E-state index in [9.17, 15) is 18.3 Å². The first-order chi connectivity index (χ1) is 9.60. The lowest BCUT2D eigenvalue weighted by Gasteiger charge is -2.29. The Balaban J connectivity index is 2.71. The summed E-state index contributed by atoms with van der Waals surface area (Å²) in [6.45, 7) is 3.45. The molecule has 0 amide bonds. The number of aryl methyl sites for hydroxylation is 1. The number of nitrogen functional groups attached to an aromatic ring is 1. The molecule has 9 heteroatoms. The van der Waals surface area contributed by atoms with Crippen LogP contribution in [0.15, 0.2) is 18.6 Å². The lowest BCUT2D eigenvalue weighted by atomic mass is 9.94. The number of rotatable bonds is 3. The van der Waals surface area contributed by atoms with Crippen molar-refractivity contribution in [2.24, 2.45) is 7.05 Å². The summed E-state index contributed by atoms with van der Waals surface area (Å²) in [5.41, 5.74) is 1.90. The van der Waals surface area contributed by atoms with E-state index in [0.29, 0.717) is 0 Å². The van der Waals surface area contributed by atoms with Crippen LogP contribution in [-0.2, 0) is 12.6 Å². The van der Waals surface area contributed by atoms with Gasteiger partial charge in [-0.05, 0) is 13.8 Å². The first-order valence-corrected chi connectivity index (χ1v) is 6.21. The van der Waals surface area contributed by atoms with Crippen LogP contribution in [0, 0.1) is 0 Å². The van der Waals surface area contributed by atoms with Crippen LogP contribution in [-0.4, -0.2) is 30.6 Å². The van der Waals surface area contributed by atoms with Gasteiger partial charge >= 0.3 is 6.18 Å². The van der Waals surface area contributed by atoms with Crippen LogP contribution in [0.5, 0.6) is 0 Å². The number of anilines is 1. The zero-order valence-electron chi connectivity index (χ0n) is 11.8. The highest BCUT2D eigenvalue weighted by Crippen LogP contribution is 2.45. The average molecular weight is 303 g/mol. The molecule has 3 N–H and O–H groups in total. The molecule has 2 rings (SSSR count). The Hall–Kier alpha value is -2.03. The maximum atomic E-state index is 13.5. The Bertz CT molecular complexity index is 646. The SMILES string of the molecule is CC(C)n1ncc([C@@](O)(c2nccn2C)C(F)(F)F)c1N. The van der Waals surface area contributed by atoms with Crippen LogP contribution in [0.4, 0.5) is 19.0 Å². The fourth-order valence-corrected chi connectivity index (χ4v) is 2.18. The van der Waals surface area contributed by atoms with Crippen LogP contribution in [0.1, 0.15) is 31.3 Å². The van der Waals surface area contributed by atoms with Gasteiger partial charge in [0, 0.05) is 25.5 Å². The minimum absolute atomic E-state index is 0.238. The Morgan fingerprint density at radius 2 is 1.95 bits per heavy atom. The molecule has 0 saturated carbocycles. The van der Waals surface area contributed by atoms with Crippen molar-refractivity contribution in [2.75, 3.05) is 5.73 Å². The third-order valence-electron chi connectivity index (χ3n) is 3.27. The molecule has 0 radical (unpaired) electrons. The third-order valence-corrected chi connectivity index (χ3v) is 3.27. The zero-order chi connectivity index (χ0) is 16.0. The molecule has 0 unspecified atom stereocenters. The molecule has 21 heavy (non-hydrogen) atoms. The van der Waals surface area contributed by atoms with Crippen LogP contribution >= 0.6 is 0 Å². The van der Waals surface area contributed by atoms with Crippen molar-refractivity contribution in [3.63, 3.8) is 0 Å². The number of hydrogen-bond acceptors (Lipinski definition) is 4. The van der Waals surface area contributed by atoms with Gasteiger partial charge in [-0.1, -0.05) is 0 Å². The predicted molar refractivity (Wildman–Crippen MR) is 69.3 cm³/mol. The van der Waals surface area contributed by atoms with E-state index in [-0.39, 0.29) is 11.9 Å². The maximum absolute atomic E-state index is 13.5. The molecule has 0 aliphatic carbocycles. The number of alkyl halides is 3. The molecule has 0 saturated heterocycles. The summed E-state index contributed by atoms with van der Waals surface area (Å²) in [7, 11) is 1.36. The highest BCUT2D eigenvalue weighted by molar-refractivity contribution is 5.47. The smallest absolute Gasteiger partial charge is 0.384 e. The second-order valence-corrected chi connectivity index (χ2v) is 5.05. The topological polar surface area (TPSA) is 81.9 Å². The number of nitrogens with two attached hydrogens (primary N) is 1. The first kappa shape index (κ1) is 15.4. The Morgan fingerprint density at radius 3 is 2.33 bits per heavy atom. The van der Waals surface area contributed by atoms with E-state index in [4.69, 9.17) is 5.73 Å². The Morgan fingerprint density at radius 1 is 1.33 bits per heavy atom. The minimum Gasteiger partial charge on any atom is -0.384 e. The van der Waals surface area contributed by atoms with E-state index < -0.39 is 23.2 Å². The molecule has 1 atom stereocenters. The van der Waals surface area contributed by atoms with Crippen LogP contribution in [0.2, 0.25) is 0 Å². The summed E-state index contributed by atoms with van der Waals surface area (Å²) in [5, 5.41) is 14.2. The monoisotopic (exact) mass is 303 g/mol. The number of nitrogens with zero attached hydrogens (tertiary/aromatic N) is 4. The number of aromatic nitrogens is 4. The first-order valence-electron chi connectivity index (χ1n) is 6.21. The van der Waals surface area contributed by atoms with Crippen molar-refractivity contribution < 1.29 is 18.3 Å². The standard InChI is InChI=1S/C12H16F3N5O/c1-7(2)20-9(16)8(6-18-20)11(21,12(13,14)15)10-17-4-5-19(10)3/h4-7,21H,16H2,1-3H3/t11-/m1/s1. The minimum atomic E-state index is -4.99. The number of halogens is 3. The average Bonchev–Trinajstić information content (AvgIpc) is 2.93. The molecule has 2 aromatic rings. The van der Waals surface area contributed by atoms with Gasteiger partial charge in [-0.15, -0.1) is 0 Å². The lowest BCUT2D eigenvalue weighted by Crippen LogP contribution is -2.45. The van der Waals surface area contributed by atoms with E-state index in [1.54, 1.807) is 13.8 Å². The van der Waals surface area contributed by atoms with E-state index in [2.05, 4.69) is 10.1 Å². The zero-order valence-corrected chi connectivity index (χ0v) is 11.8. The summed E-state index contributed by atoms with van der Waals surface area (Å²) >= 11 is 0. The summed E-state index contributed by atoms with van der Waals surface area (Å²) in [6, 6.07) is -0.238. The summed E-state index contributed by atoms with van der Waals surface area (Å²) in [6.07, 6.45) is -1.58. The van der Waals surface area contributed by atoms with Gasteiger partial charge < -0.3 is 15.4 Å². The molecule has 2 heterocycles. The van der Waals surface area contributed by atoms with Crippen molar-refractivity contribution in [3.05, 3.63) is 30.0 Å². The molecule has 0 fully saturated rings. The van der Waals surface area contributed by atoms with E-state index in [1.807, 2.05) is 0 Å². The van der Waals surface area contributed by atoms with Crippen molar-refractivity contribution in [1.29, 1.82) is 0 Å². The van der Waals surface area contributed by atoms with Crippen LogP contribution in [0.3, 0.4) is 0 Å². The van der Waals surface area contributed by atoms with Crippen LogP contribution in [0.25, 0.3) is 0 Å². The second-order valence-electron chi connectivity index (χ2n) is 5.05. The highest BCUT2D eigenvalue weighted by atomic mass is 19.4. The Kier molecular flexibility index (Phi) is 3.48. The van der Waals surface area contributed by atoms with Crippen molar-refractivity contribution >= 4 is 5.82 Å². The molecule has 0 aromatic carbocycles. The summed E-state index contributed by atoms with van der Waals surface area (Å²) < 4.78 is 42.9. The molecule has 116 valence electrons. The fourth-order valence-electron chi connectivity index (χ4n) is 2.18. The van der Waals surface area contributed by atoms with E-state index >= 15 is 0 Å². The fraction of sp³-hybridized carbons (Fsp3) is 0.500. The maximum Gasteiger partial charge on any atom is 0.429 e. The number of hydrogen-bond donors (Lipinski definition) is 2. The molecule has 6 nitrogen and oxygen atoms in total. The van der Waals surface area contributed by atoms with Gasteiger partial charge in [-0.25, -0.2) is 9.67 Å². The van der Waals surface area contributed by atoms with Crippen molar-refractivity contribution in [2.45, 2.75) is 31.7 Å². The molecular weight excluding hydrogens is 287 g/mol. The number of imidazole rings is 1. The summed E-state index contributed by atoms with van der Waals surface area (Å²) in [5.74, 6) is -0.808. The van der Waals surface area contributed by atoms with Gasteiger partial charge in [0.1, 0.15) is 5.82 Å². The molecule has 0 bridgehead atoms. The summed E-state index contributed by atoms with van der Waals surface area (Å²) in [4.78, 5) is 3.63. The van der Waals surface area contributed by atoms with Crippen LogP contribution < -0.4 is 5.73 Å². The van der Waals surface area contributed by atoms with Gasteiger partial charge in [0.2, 0.25) is 5.60 Å². The van der Waals surface area contributed by atoms with Gasteiger partial charge in [-0.3, -0.25) is 0 Å². The lowest BCUT2D eigenvalue weighted by molar-refractivity contribution is -0.251. The van der Waals surface area contributed by atoms with E-state index in [0.717, 1.165) is 10.8 Å². The third kappa shape index (κ3) is 2.17. The van der Waals surface area contributed by atoms with E-state index in [1.165, 1.54) is 24.1 Å². The molecule has 0 aliphatic heterocycles. The van der Waals surface area contributed by atoms with Gasteiger partial charge in [-0.2, -0.15) is 18.3 Å². The normalized spacial score (nSPS) is 15.4. The molecule has 0 spiro atoms. The molecule has 0 aliphatic rings. The van der Waals surface area contributed by atoms with Gasteiger partial charge in [0.25, 0.3) is 0 Å². The largest absolute Gasteiger partial charge is 0.429 e. The highest BCUT2D eigenvalue weighted by Gasteiger charge is 2.60. The molecular formula is C12H16F3N5O. The predicted octanol–water partition coefficient (Wildman–Crippen LogP) is 1.58.